The molecule has 0 saturated heterocycles. The molecule has 0 heterocycles. The molecule has 0 spiro atoms. The molecule has 0 bridgehead atoms. The minimum Gasteiger partial charge on any atom is -0.463 e. The van der Waals surface area contributed by atoms with Crippen LogP contribution >= 0.6 is 0 Å². The lowest BCUT2D eigenvalue weighted by Crippen LogP contribution is -2.14. The summed E-state index contributed by atoms with van der Waals surface area (Å²) in [6.45, 7) is 8.35. The Bertz CT molecular complexity index is 389. The van der Waals surface area contributed by atoms with E-state index in [1.807, 2.05) is 0 Å². The van der Waals surface area contributed by atoms with Gasteiger partial charge in [-0.15, -0.1) is 0 Å². The Labute approximate surface area is 212 Å². The molecule has 0 amide bonds. The molecule has 0 rings (SSSR count). The molecule has 0 aromatic rings. The fraction of sp³-hybridized carbons (Fsp3) is 0.966. The summed E-state index contributed by atoms with van der Waals surface area (Å²) in [5.74, 6) is -0.102. The Balaban J connectivity index is 3.14. The second kappa shape index (κ2) is 30.4. The Morgan fingerprint density at radius 1 is 0.412 bits per heavy atom. The van der Waals surface area contributed by atoms with E-state index in [1.165, 1.54) is 96.3 Å². The standard InChI is InChI=1S/C29H58O5/c1-3-5-7-8-9-10-11-12-13-14-15-16-17-18-19-21-29(30)34-28-27-33-26-25-32-24-23-31-22-20-6-4-2/h3-28H2,1-2H3. The zero-order chi connectivity index (χ0) is 24.8. The van der Waals surface area contributed by atoms with Gasteiger partial charge in [-0.2, -0.15) is 0 Å². The zero-order valence-corrected chi connectivity index (χ0v) is 22.9. The smallest absolute Gasteiger partial charge is 0.305 e. The summed E-state index contributed by atoms with van der Waals surface area (Å²) in [5.41, 5.74) is 0. The SMILES string of the molecule is CCCCCCCCCCCCCCCCCC(=O)OCCOCCOCCOCCCCC. The average molecular weight is 487 g/mol. The number of hydrogen-bond acceptors (Lipinski definition) is 5. The van der Waals surface area contributed by atoms with Crippen LogP contribution in [-0.4, -0.2) is 52.2 Å². The third kappa shape index (κ3) is 29.4. The second-order valence-corrected chi connectivity index (χ2v) is 9.46. The van der Waals surface area contributed by atoms with Gasteiger partial charge in [-0.05, 0) is 12.8 Å². The topological polar surface area (TPSA) is 54.0 Å². The number of carbonyl (C=O) groups is 1. The van der Waals surface area contributed by atoms with Gasteiger partial charge in [0.05, 0.1) is 33.0 Å². The van der Waals surface area contributed by atoms with Gasteiger partial charge < -0.3 is 18.9 Å². The van der Waals surface area contributed by atoms with Crippen LogP contribution in [0.4, 0.5) is 0 Å². The van der Waals surface area contributed by atoms with Crippen LogP contribution in [0, 0.1) is 0 Å². The second-order valence-electron chi connectivity index (χ2n) is 9.46. The van der Waals surface area contributed by atoms with Crippen molar-refractivity contribution in [3.63, 3.8) is 0 Å². The van der Waals surface area contributed by atoms with Crippen LogP contribution in [0.25, 0.3) is 0 Å². The van der Waals surface area contributed by atoms with Gasteiger partial charge in [0.15, 0.2) is 0 Å². The first-order valence-electron chi connectivity index (χ1n) is 14.7. The van der Waals surface area contributed by atoms with Gasteiger partial charge in [0.25, 0.3) is 0 Å². The van der Waals surface area contributed by atoms with E-state index < -0.39 is 0 Å². The summed E-state index contributed by atoms with van der Waals surface area (Å²) >= 11 is 0. The zero-order valence-electron chi connectivity index (χ0n) is 22.9. The Kier molecular flexibility index (Phi) is 29.8. The number of carbonyl (C=O) groups excluding carboxylic acids is 1. The molecular formula is C29H58O5. The first-order valence-corrected chi connectivity index (χ1v) is 14.7. The maximum atomic E-state index is 11.8. The third-order valence-electron chi connectivity index (χ3n) is 6.11. The minimum atomic E-state index is -0.102. The van der Waals surface area contributed by atoms with Crippen molar-refractivity contribution >= 4 is 5.97 Å². The number of rotatable bonds is 29. The van der Waals surface area contributed by atoms with E-state index in [4.69, 9.17) is 18.9 Å². The van der Waals surface area contributed by atoms with Crippen molar-refractivity contribution in [1.82, 2.24) is 0 Å². The Morgan fingerprint density at radius 3 is 1.24 bits per heavy atom. The highest BCUT2D eigenvalue weighted by molar-refractivity contribution is 5.69. The largest absolute Gasteiger partial charge is 0.463 e. The third-order valence-corrected chi connectivity index (χ3v) is 6.11. The van der Waals surface area contributed by atoms with Crippen molar-refractivity contribution in [2.24, 2.45) is 0 Å². The Hall–Kier alpha value is -0.650. The van der Waals surface area contributed by atoms with Gasteiger partial charge in [0.2, 0.25) is 0 Å². The average Bonchev–Trinajstić information content (AvgIpc) is 2.84. The van der Waals surface area contributed by atoms with Crippen molar-refractivity contribution in [3.05, 3.63) is 0 Å². The van der Waals surface area contributed by atoms with E-state index >= 15 is 0 Å². The summed E-state index contributed by atoms with van der Waals surface area (Å²) in [5, 5.41) is 0. The lowest BCUT2D eigenvalue weighted by atomic mass is 10.0. The van der Waals surface area contributed by atoms with Crippen LogP contribution < -0.4 is 0 Å². The van der Waals surface area contributed by atoms with E-state index in [1.54, 1.807) is 0 Å². The lowest BCUT2D eigenvalue weighted by Gasteiger charge is -2.07. The molecule has 0 atom stereocenters. The molecular weight excluding hydrogens is 428 g/mol. The number of ether oxygens (including phenoxy) is 4. The van der Waals surface area contributed by atoms with Gasteiger partial charge >= 0.3 is 5.97 Å². The lowest BCUT2D eigenvalue weighted by molar-refractivity contribution is -0.145. The van der Waals surface area contributed by atoms with Crippen LogP contribution in [0.3, 0.4) is 0 Å². The van der Waals surface area contributed by atoms with E-state index in [2.05, 4.69) is 13.8 Å². The summed E-state index contributed by atoms with van der Waals surface area (Å²) in [6, 6.07) is 0. The predicted octanol–water partition coefficient (Wildman–Crippen LogP) is 8.03. The molecule has 0 N–H and O–H groups in total. The van der Waals surface area contributed by atoms with Crippen molar-refractivity contribution in [1.29, 1.82) is 0 Å². The fourth-order valence-electron chi connectivity index (χ4n) is 3.92. The minimum absolute atomic E-state index is 0.102. The van der Waals surface area contributed by atoms with Crippen LogP contribution in [0.5, 0.6) is 0 Å². The summed E-state index contributed by atoms with van der Waals surface area (Å²) in [7, 11) is 0. The fourth-order valence-corrected chi connectivity index (χ4v) is 3.92. The van der Waals surface area contributed by atoms with Crippen molar-refractivity contribution in [2.45, 2.75) is 136 Å². The van der Waals surface area contributed by atoms with Gasteiger partial charge in [-0.3, -0.25) is 4.79 Å². The summed E-state index contributed by atoms with van der Waals surface area (Å²) in [6.07, 6.45) is 24.1. The first-order chi connectivity index (χ1) is 16.8. The highest BCUT2D eigenvalue weighted by Crippen LogP contribution is 2.13. The van der Waals surface area contributed by atoms with Crippen LogP contribution in [0.2, 0.25) is 0 Å². The highest BCUT2D eigenvalue weighted by atomic mass is 16.6. The molecule has 0 aliphatic rings. The molecule has 0 saturated carbocycles. The van der Waals surface area contributed by atoms with E-state index in [-0.39, 0.29) is 5.97 Å². The summed E-state index contributed by atoms with van der Waals surface area (Å²) in [4.78, 5) is 11.8. The molecule has 5 nitrogen and oxygen atoms in total. The van der Waals surface area contributed by atoms with Gasteiger partial charge in [0, 0.05) is 13.0 Å². The predicted molar refractivity (Wildman–Crippen MR) is 142 cm³/mol. The molecule has 5 heteroatoms. The van der Waals surface area contributed by atoms with E-state index in [0.717, 1.165) is 25.9 Å². The number of hydrogen-bond donors (Lipinski definition) is 0. The van der Waals surface area contributed by atoms with Crippen molar-refractivity contribution in [3.8, 4) is 0 Å². The molecule has 0 aromatic carbocycles. The van der Waals surface area contributed by atoms with Gasteiger partial charge in [-0.25, -0.2) is 0 Å². The molecule has 34 heavy (non-hydrogen) atoms. The molecule has 204 valence electrons. The maximum Gasteiger partial charge on any atom is 0.305 e. The molecule has 0 aliphatic heterocycles. The van der Waals surface area contributed by atoms with Crippen molar-refractivity contribution in [2.75, 3.05) is 46.2 Å². The number of unbranched alkanes of at least 4 members (excludes halogenated alkanes) is 16. The number of esters is 1. The monoisotopic (exact) mass is 486 g/mol. The molecule has 0 aromatic heterocycles. The molecule has 0 unspecified atom stereocenters. The molecule has 0 radical (unpaired) electrons. The van der Waals surface area contributed by atoms with Gasteiger partial charge in [-0.1, -0.05) is 117 Å². The van der Waals surface area contributed by atoms with Gasteiger partial charge in [0.1, 0.15) is 6.61 Å². The Morgan fingerprint density at radius 2 is 0.765 bits per heavy atom. The molecule has 0 aliphatic carbocycles. The van der Waals surface area contributed by atoms with E-state index in [0.29, 0.717) is 46.1 Å². The van der Waals surface area contributed by atoms with Crippen LogP contribution in [-0.2, 0) is 23.7 Å². The summed E-state index contributed by atoms with van der Waals surface area (Å²) < 4.78 is 21.6. The van der Waals surface area contributed by atoms with Crippen LogP contribution in [0.15, 0.2) is 0 Å². The molecule has 0 fully saturated rings. The first kappa shape index (κ1) is 33.4. The highest BCUT2D eigenvalue weighted by Gasteiger charge is 2.02. The quantitative estimate of drug-likeness (QED) is 0.0791. The maximum absolute atomic E-state index is 11.8. The van der Waals surface area contributed by atoms with E-state index in [9.17, 15) is 4.79 Å². The van der Waals surface area contributed by atoms with Crippen LogP contribution in [0.1, 0.15) is 136 Å². The normalized spacial score (nSPS) is 11.2. The van der Waals surface area contributed by atoms with Crippen molar-refractivity contribution < 1.29 is 23.7 Å².